The van der Waals surface area contributed by atoms with E-state index in [0.29, 0.717) is 5.92 Å². The molecule has 0 aromatic carbocycles. The van der Waals surface area contributed by atoms with E-state index in [9.17, 15) is 4.79 Å². The van der Waals surface area contributed by atoms with Gasteiger partial charge in [-0.15, -0.1) is 0 Å². The van der Waals surface area contributed by atoms with Crippen LogP contribution in [0.2, 0.25) is 0 Å². The molecule has 1 fully saturated rings. The van der Waals surface area contributed by atoms with E-state index in [1.807, 2.05) is 59.5 Å². The van der Waals surface area contributed by atoms with Crippen LogP contribution >= 0.6 is 0 Å². The van der Waals surface area contributed by atoms with E-state index in [1.54, 1.807) is 24.7 Å². The highest BCUT2D eigenvalue weighted by molar-refractivity contribution is 5.91. The van der Waals surface area contributed by atoms with Crippen molar-refractivity contribution in [3.8, 4) is 0 Å². The number of pyridine rings is 3. The van der Waals surface area contributed by atoms with Gasteiger partial charge < -0.3 is 10.2 Å². The molecule has 1 aliphatic heterocycles. The van der Waals surface area contributed by atoms with Gasteiger partial charge in [0.25, 0.3) is 0 Å². The van der Waals surface area contributed by atoms with Crippen molar-refractivity contribution in [2.75, 3.05) is 18.4 Å². The first kappa shape index (κ1) is 19.8. The van der Waals surface area contributed by atoms with Crippen molar-refractivity contribution in [2.24, 2.45) is 5.92 Å². The summed E-state index contributed by atoms with van der Waals surface area (Å²) in [6, 6.07) is 15.5. The Labute approximate surface area is 176 Å². The molecule has 4 rings (SSSR count). The Morgan fingerprint density at radius 2 is 2.03 bits per heavy atom. The minimum Gasteiger partial charge on any atom is -0.339 e. The van der Waals surface area contributed by atoms with Crippen LogP contribution in [0.15, 0.2) is 73.2 Å². The minimum absolute atomic E-state index is 0.0575. The summed E-state index contributed by atoms with van der Waals surface area (Å²) in [7, 11) is 0. The molecule has 1 amide bonds. The van der Waals surface area contributed by atoms with Crippen LogP contribution in [-0.2, 0) is 11.2 Å². The molecule has 3 aromatic rings. The molecule has 0 aliphatic carbocycles. The van der Waals surface area contributed by atoms with Crippen molar-refractivity contribution in [2.45, 2.75) is 19.3 Å². The molecule has 0 spiro atoms. The first-order chi connectivity index (χ1) is 14.8. The van der Waals surface area contributed by atoms with Crippen LogP contribution in [0.5, 0.6) is 0 Å². The van der Waals surface area contributed by atoms with Crippen LogP contribution < -0.4 is 5.32 Å². The third-order valence-corrected chi connectivity index (χ3v) is 5.16. The van der Waals surface area contributed by atoms with Gasteiger partial charge in [0.2, 0.25) is 5.91 Å². The molecule has 1 saturated heterocycles. The number of nitrogens with one attached hydrogen (secondary N) is 1. The summed E-state index contributed by atoms with van der Waals surface area (Å²) in [6.45, 7) is 1.57. The number of hydrogen-bond acceptors (Lipinski definition) is 5. The quantitative estimate of drug-likeness (QED) is 0.632. The lowest BCUT2D eigenvalue weighted by Gasteiger charge is -2.32. The molecule has 1 aliphatic rings. The van der Waals surface area contributed by atoms with Crippen molar-refractivity contribution in [1.29, 1.82) is 0 Å². The Morgan fingerprint density at radius 1 is 1.10 bits per heavy atom. The van der Waals surface area contributed by atoms with E-state index in [1.165, 1.54) is 0 Å². The van der Waals surface area contributed by atoms with E-state index >= 15 is 0 Å². The molecule has 152 valence electrons. The molecule has 0 radical (unpaired) electrons. The highest BCUT2D eigenvalue weighted by atomic mass is 16.2. The van der Waals surface area contributed by atoms with E-state index < -0.39 is 0 Å². The molecule has 1 atom stereocenters. The maximum absolute atomic E-state index is 12.6. The van der Waals surface area contributed by atoms with Gasteiger partial charge in [0.15, 0.2) is 0 Å². The Bertz CT molecular complexity index is 991. The molecule has 1 unspecified atom stereocenters. The predicted octanol–water partition coefficient (Wildman–Crippen LogP) is 4.11. The zero-order valence-electron chi connectivity index (χ0n) is 16.8. The number of likely N-dealkylation sites (tertiary alicyclic amines) is 1. The van der Waals surface area contributed by atoms with Gasteiger partial charge in [-0.1, -0.05) is 18.2 Å². The van der Waals surface area contributed by atoms with Crippen molar-refractivity contribution >= 4 is 23.6 Å². The fraction of sp³-hybridized carbons (Fsp3) is 0.250. The van der Waals surface area contributed by atoms with Crippen molar-refractivity contribution in [1.82, 2.24) is 19.9 Å². The number of piperidine rings is 1. The molecule has 30 heavy (non-hydrogen) atoms. The fourth-order valence-electron chi connectivity index (χ4n) is 3.71. The first-order valence-electron chi connectivity index (χ1n) is 10.3. The Kier molecular flexibility index (Phi) is 6.44. The lowest BCUT2D eigenvalue weighted by molar-refractivity contribution is -0.127. The van der Waals surface area contributed by atoms with Gasteiger partial charge in [0, 0.05) is 43.4 Å². The average molecular weight is 399 g/mol. The number of anilines is 2. The SMILES string of the molecule is O=C(/C=C/c1cccnc1)N1CCCC(Cc2cccc(Nc3ccccn3)n2)C1. The summed E-state index contributed by atoms with van der Waals surface area (Å²) in [5, 5.41) is 3.24. The van der Waals surface area contributed by atoms with Crippen LogP contribution in [0, 0.1) is 5.92 Å². The Balaban J connectivity index is 1.35. The second-order valence-corrected chi connectivity index (χ2v) is 7.47. The summed E-state index contributed by atoms with van der Waals surface area (Å²) in [5.41, 5.74) is 1.96. The molecular weight excluding hydrogens is 374 g/mol. The number of aromatic nitrogens is 3. The molecule has 1 N–H and O–H groups in total. The number of rotatable bonds is 6. The van der Waals surface area contributed by atoms with Gasteiger partial charge in [-0.3, -0.25) is 9.78 Å². The minimum atomic E-state index is 0.0575. The third kappa shape index (κ3) is 5.50. The predicted molar refractivity (Wildman–Crippen MR) is 118 cm³/mol. The standard InChI is InChI=1S/C24H25N5O/c30-24(12-11-19-6-4-13-25-17-19)29-15-5-7-20(18-29)16-21-8-3-10-23(27-21)28-22-9-1-2-14-26-22/h1-4,6,8-14,17,20H,5,7,15-16,18H2,(H,26,27,28)/b12-11+. The van der Waals surface area contributed by atoms with Crippen LogP contribution in [-0.4, -0.2) is 38.8 Å². The molecular formula is C24H25N5O. The average Bonchev–Trinajstić information content (AvgIpc) is 2.79. The van der Waals surface area contributed by atoms with E-state index in [2.05, 4.69) is 15.3 Å². The van der Waals surface area contributed by atoms with Gasteiger partial charge in [-0.25, -0.2) is 9.97 Å². The molecule has 0 bridgehead atoms. The third-order valence-electron chi connectivity index (χ3n) is 5.16. The Morgan fingerprint density at radius 3 is 2.87 bits per heavy atom. The number of carbonyl (C=O) groups is 1. The first-order valence-corrected chi connectivity index (χ1v) is 10.3. The monoisotopic (exact) mass is 399 g/mol. The zero-order chi connectivity index (χ0) is 20.6. The summed E-state index contributed by atoms with van der Waals surface area (Å²) in [6.07, 6.45) is 11.7. The van der Waals surface area contributed by atoms with Gasteiger partial charge in [-0.2, -0.15) is 0 Å². The van der Waals surface area contributed by atoms with Crippen LogP contribution in [0.25, 0.3) is 6.08 Å². The summed E-state index contributed by atoms with van der Waals surface area (Å²) in [5.74, 6) is 2.03. The maximum Gasteiger partial charge on any atom is 0.246 e. The lowest BCUT2D eigenvalue weighted by atomic mass is 9.93. The van der Waals surface area contributed by atoms with Gasteiger partial charge >= 0.3 is 0 Å². The fourth-order valence-corrected chi connectivity index (χ4v) is 3.71. The van der Waals surface area contributed by atoms with Crippen molar-refractivity contribution in [3.63, 3.8) is 0 Å². The molecule has 4 heterocycles. The van der Waals surface area contributed by atoms with Crippen LogP contribution in [0.3, 0.4) is 0 Å². The van der Waals surface area contributed by atoms with E-state index in [4.69, 9.17) is 4.98 Å². The summed E-state index contributed by atoms with van der Waals surface area (Å²) in [4.78, 5) is 27.6. The van der Waals surface area contributed by atoms with E-state index in [0.717, 1.165) is 55.2 Å². The van der Waals surface area contributed by atoms with Gasteiger partial charge in [-0.05, 0) is 67.2 Å². The molecule has 6 nitrogen and oxygen atoms in total. The Hall–Kier alpha value is -3.54. The molecule has 0 saturated carbocycles. The highest BCUT2D eigenvalue weighted by Crippen LogP contribution is 2.22. The second kappa shape index (κ2) is 9.78. The normalized spacial score (nSPS) is 16.5. The van der Waals surface area contributed by atoms with Crippen LogP contribution in [0.4, 0.5) is 11.6 Å². The maximum atomic E-state index is 12.6. The van der Waals surface area contributed by atoms with Gasteiger partial charge in [0.1, 0.15) is 11.6 Å². The number of amides is 1. The summed E-state index contributed by atoms with van der Waals surface area (Å²) < 4.78 is 0. The molecule has 6 heteroatoms. The number of carbonyl (C=O) groups excluding carboxylic acids is 1. The topological polar surface area (TPSA) is 71.0 Å². The number of hydrogen-bond donors (Lipinski definition) is 1. The highest BCUT2D eigenvalue weighted by Gasteiger charge is 2.23. The van der Waals surface area contributed by atoms with E-state index in [-0.39, 0.29) is 5.91 Å². The molecule has 3 aromatic heterocycles. The summed E-state index contributed by atoms with van der Waals surface area (Å²) >= 11 is 0. The largest absolute Gasteiger partial charge is 0.339 e. The van der Waals surface area contributed by atoms with Crippen molar-refractivity contribution < 1.29 is 4.79 Å². The van der Waals surface area contributed by atoms with Gasteiger partial charge in [0.05, 0.1) is 0 Å². The zero-order valence-corrected chi connectivity index (χ0v) is 16.8. The second-order valence-electron chi connectivity index (χ2n) is 7.47. The number of nitrogens with zero attached hydrogens (tertiary/aromatic N) is 4. The lowest BCUT2D eigenvalue weighted by Crippen LogP contribution is -2.39. The smallest absolute Gasteiger partial charge is 0.246 e. The van der Waals surface area contributed by atoms with Crippen LogP contribution in [0.1, 0.15) is 24.1 Å². The van der Waals surface area contributed by atoms with Crippen molar-refractivity contribution in [3.05, 3.63) is 84.5 Å².